The van der Waals surface area contributed by atoms with E-state index >= 15 is 0 Å². The van der Waals surface area contributed by atoms with Crippen molar-refractivity contribution in [3.05, 3.63) is 42.2 Å². The third-order valence-electron chi connectivity index (χ3n) is 4.22. The first kappa shape index (κ1) is 16.4. The maximum Gasteiger partial charge on any atom is 0.253 e. The smallest absolute Gasteiger partial charge is 0.253 e. The molecule has 1 saturated heterocycles. The van der Waals surface area contributed by atoms with E-state index in [0.717, 1.165) is 31.7 Å². The molecule has 1 aliphatic heterocycles. The lowest BCUT2D eigenvalue weighted by Crippen LogP contribution is -2.39. The van der Waals surface area contributed by atoms with E-state index < -0.39 is 0 Å². The fourth-order valence-electron chi connectivity index (χ4n) is 2.86. The van der Waals surface area contributed by atoms with Crippen molar-refractivity contribution in [1.29, 1.82) is 0 Å². The molecule has 0 radical (unpaired) electrons. The zero-order chi connectivity index (χ0) is 16.8. The molecule has 0 aliphatic carbocycles. The molecule has 1 aromatic heterocycles. The van der Waals surface area contributed by atoms with Crippen molar-refractivity contribution in [2.75, 3.05) is 33.4 Å². The number of benzene rings is 1. The summed E-state index contributed by atoms with van der Waals surface area (Å²) in [4.78, 5) is 14.5. The van der Waals surface area contributed by atoms with Gasteiger partial charge in [-0.1, -0.05) is 5.21 Å². The summed E-state index contributed by atoms with van der Waals surface area (Å²) in [5.41, 5.74) is 0.688. The largest absolute Gasteiger partial charge is 0.491 e. The first-order chi connectivity index (χ1) is 11.8. The summed E-state index contributed by atoms with van der Waals surface area (Å²) in [6, 6.07) is 7.60. The Kier molecular flexibility index (Phi) is 5.43. The second-order valence-corrected chi connectivity index (χ2v) is 5.77. The minimum Gasteiger partial charge on any atom is -0.491 e. The first-order valence-corrected chi connectivity index (χ1v) is 8.15. The van der Waals surface area contributed by atoms with Crippen molar-refractivity contribution >= 4 is 5.91 Å². The molecule has 3 rings (SSSR count). The fraction of sp³-hybridized carbons (Fsp3) is 0.471. The molecular formula is C17H22N4O3. The van der Waals surface area contributed by atoms with Gasteiger partial charge in [0.25, 0.3) is 5.91 Å². The molecule has 2 heterocycles. The lowest BCUT2D eigenvalue weighted by molar-refractivity contribution is 0.0689. The summed E-state index contributed by atoms with van der Waals surface area (Å²) in [6.45, 7) is 2.51. The summed E-state index contributed by atoms with van der Waals surface area (Å²) in [6.07, 6.45) is 5.36. The van der Waals surface area contributed by atoms with Crippen molar-refractivity contribution < 1.29 is 14.3 Å². The third-order valence-corrected chi connectivity index (χ3v) is 4.22. The van der Waals surface area contributed by atoms with Crippen LogP contribution in [0.3, 0.4) is 0 Å². The quantitative estimate of drug-likeness (QED) is 0.755. The van der Waals surface area contributed by atoms with Gasteiger partial charge in [0, 0.05) is 32.0 Å². The van der Waals surface area contributed by atoms with Gasteiger partial charge in [0.15, 0.2) is 0 Å². The molecule has 7 nitrogen and oxygen atoms in total. The van der Waals surface area contributed by atoms with Gasteiger partial charge in [-0.2, -0.15) is 0 Å². The molecule has 1 fully saturated rings. The molecular weight excluding hydrogens is 308 g/mol. The number of carbonyl (C=O) groups is 1. The molecule has 0 bridgehead atoms. The number of likely N-dealkylation sites (tertiary alicyclic amines) is 1. The van der Waals surface area contributed by atoms with Gasteiger partial charge >= 0.3 is 0 Å². The second kappa shape index (κ2) is 7.92. The average Bonchev–Trinajstić information content (AvgIpc) is 3.17. The Morgan fingerprint density at radius 1 is 1.21 bits per heavy atom. The Labute approximate surface area is 141 Å². The van der Waals surface area contributed by atoms with E-state index in [9.17, 15) is 4.79 Å². The SMILES string of the molecule is COCCOc1ccc(C(=O)N2CCC(n3ccnn3)CC2)cc1. The molecule has 0 unspecified atom stereocenters. The van der Waals surface area contributed by atoms with Crippen LogP contribution in [0.4, 0.5) is 0 Å². The second-order valence-electron chi connectivity index (χ2n) is 5.77. The number of carbonyl (C=O) groups excluding carboxylic acids is 1. The summed E-state index contributed by atoms with van der Waals surface area (Å²) in [5.74, 6) is 0.809. The van der Waals surface area contributed by atoms with E-state index in [4.69, 9.17) is 9.47 Å². The van der Waals surface area contributed by atoms with E-state index in [1.165, 1.54) is 0 Å². The number of hydrogen-bond donors (Lipinski definition) is 0. The maximum absolute atomic E-state index is 12.6. The fourth-order valence-corrected chi connectivity index (χ4v) is 2.86. The third kappa shape index (κ3) is 3.91. The average molecular weight is 330 g/mol. The van der Waals surface area contributed by atoms with E-state index in [-0.39, 0.29) is 5.91 Å². The van der Waals surface area contributed by atoms with Gasteiger partial charge in [-0.3, -0.25) is 4.79 Å². The van der Waals surface area contributed by atoms with Crippen molar-refractivity contribution in [2.45, 2.75) is 18.9 Å². The van der Waals surface area contributed by atoms with E-state index in [1.807, 2.05) is 40.0 Å². The van der Waals surface area contributed by atoms with Crippen molar-refractivity contribution in [3.63, 3.8) is 0 Å². The van der Waals surface area contributed by atoms with Gasteiger partial charge < -0.3 is 14.4 Å². The summed E-state index contributed by atoms with van der Waals surface area (Å²) >= 11 is 0. The van der Waals surface area contributed by atoms with Crippen molar-refractivity contribution in [3.8, 4) is 5.75 Å². The number of amides is 1. The standard InChI is InChI=1S/C17H22N4O3/c1-23-12-13-24-16-4-2-14(3-5-16)17(22)20-9-6-15(7-10-20)21-11-8-18-19-21/h2-5,8,11,15H,6-7,9-10,12-13H2,1H3. The topological polar surface area (TPSA) is 69.5 Å². The van der Waals surface area contributed by atoms with Gasteiger partial charge in [-0.25, -0.2) is 4.68 Å². The zero-order valence-electron chi connectivity index (χ0n) is 13.8. The minimum atomic E-state index is 0.0653. The summed E-state index contributed by atoms with van der Waals surface area (Å²) in [7, 11) is 1.64. The van der Waals surface area contributed by atoms with Gasteiger partial charge in [-0.15, -0.1) is 5.10 Å². The van der Waals surface area contributed by atoms with Crippen LogP contribution in [0.5, 0.6) is 5.75 Å². The number of ether oxygens (including phenoxy) is 2. The van der Waals surface area contributed by atoms with Gasteiger partial charge in [0.05, 0.1) is 18.8 Å². The molecule has 0 N–H and O–H groups in total. The molecule has 24 heavy (non-hydrogen) atoms. The molecule has 1 aromatic carbocycles. The highest BCUT2D eigenvalue weighted by Crippen LogP contribution is 2.23. The van der Waals surface area contributed by atoms with Gasteiger partial charge in [-0.05, 0) is 37.1 Å². The first-order valence-electron chi connectivity index (χ1n) is 8.15. The molecule has 0 saturated carbocycles. The number of methoxy groups -OCH3 is 1. The Hall–Kier alpha value is -2.41. The van der Waals surface area contributed by atoms with E-state index in [2.05, 4.69) is 10.3 Å². The Bertz CT molecular complexity index is 634. The van der Waals surface area contributed by atoms with Crippen LogP contribution in [0.25, 0.3) is 0 Å². The van der Waals surface area contributed by atoms with Gasteiger partial charge in [0.2, 0.25) is 0 Å². The van der Waals surface area contributed by atoms with Crippen LogP contribution in [-0.2, 0) is 4.74 Å². The van der Waals surface area contributed by atoms with Gasteiger partial charge in [0.1, 0.15) is 12.4 Å². The summed E-state index contributed by atoms with van der Waals surface area (Å²) in [5, 5.41) is 7.90. The van der Waals surface area contributed by atoms with Crippen LogP contribution in [-0.4, -0.2) is 59.2 Å². The molecule has 7 heteroatoms. The number of aromatic nitrogens is 3. The molecule has 128 valence electrons. The lowest BCUT2D eigenvalue weighted by Gasteiger charge is -2.31. The van der Waals surface area contributed by atoms with Crippen LogP contribution in [0.2, 0.25) is 0 Å². The summed E-state index contributed by atoms with van der Waals surface area (Å²) < 4.78 is 12.3. The minimum absolute atomic E-state index is 0.0653. The highest BCUT2D eigenvalue weighted by molar-refractivity contribution is 5.94. The maximum atomic E-state index is 12.6. The Morgan fingerprint density at radius 3 is 2.58 bits per heavy atom. The predicted octanol–water partition coefficient (Wildman–Crippen LogP) is 1.78. The molecule has 2 aromatic rings. The highest BCUT2D eigenvalue weighted by atomic mass is 16.5. The highest BCUT2D eigenvalue weighted by Gasteiger charge is 2.24. The van der Waals surface area contributed by atoms with Crippen LogP contribution in [0.15, 0.2) is 36.7 Å². The lowest BCUT2D eigenvalue weighted by atomic mass is 10.0. The normalized spacial score (nSPS) is 15.5. The molecule has 1 aliphatic rings. The van der Waals surface area contributed by atoms with Crippen LogP contribution in [0, 0.1) is 0 Å². The monoisotopic (exact) mass is 330 g/mol. The zero-order valence-corrected chi connectivity index (χ0v) is 13.8. The molecule has 1 amide bonds. The molecule has 0 spiro atoms. The van der Waals surface area contributed by atoms with E-state index in [1.54, 1.807) is 13.3 Å². The predicted molar refractivity (Wildman–Crippen MR) is 88.0 cm³/mol. The number of hydrogen-bond acceptors (Lipinski definition) is 5. The Morgan fingerprint density at radius 2 is 1.96 bits per heavy atom. The number of nitrogens with zero attached hydrogens (tertiary/aromatic N) is 4. The van der Waals surface area contributed by atoms with Crippen LogP contribution >= 0.6 is 0 Å². The van der Waals surface area contributed by atoms with Crippen molar-refractivity contribution in [1.82, 2.24) is 19.9 Å². The van der Waals surface area contributed by atoms with Crippen LogP contribution in [0.1, 0.15) is 29.2 Å². The number of rotatable bonds is 6. The van der Waals surface area contributed by atoms with E-state index in [0.29, 0.717) is 24.8 Å². The number of piperidine rings is 1. The van der Waals surface area contributed by atoms with Crippen molar-refractivity contribution in [2.24, 2.45) is 0 Å². The Balaban J connectivity index is 1.53. The molecule has 0 atom stereocenters. The van der Waals surface area contributed by atoms with Crippen LogP contribution < -0.4 is 4.74 Å².